The van der Waals surface area contributed by atoms with E-state index in [4.69, 9.17) is 5.26 Å². The Morgan fingerprint density at radius 1 is 1.23 bits per heavy atom. The number of nitro benzene ring substituents is 1. The van der Waals surface area contributed by atoms with Crippen molar-refractivity contribution in [3.8, 4) is 6.07 Å². The lowest BCUT2D eigenvalue weighted by molar-refractivity contribution is -0.387. The fourth-order valence-electron chi connectivity index (χ4n) is 1.99. The summed E-state index contributed by atoms with van der Waals surface area (Å²) < 4.78 is 27.2. The van der Waals surface area contributed by atoms with Gasteiger partial charge in [0.25, 0.3) is 15.7 Å². The Hall–Kier alpha value is -2.92. The minimum Gasteiger partial charge on any atom is -0.279 e. The fraction of sp³-hybridized carbons (Fsp3) is 0.0714. The van der Waals surface area contributed by atoms with E-state index in [2.05, 4.69) is 4.72 Å². The predicted octanol–water partition coefficient (Wildman–Crippen LogP) is 2.58. The van der Waals surface area contributed by atoms with Crippen LogP contribution in [0.15, 0.2) is 47.4 Å². The van der Waals surface area contributed by atoms with Crippen molar-refractivity contribution >= 4 is 21.4 Å². The molecule has 0 amide bonds. The maximum absolute atomic E-state index is 12.4. The number of nitrogens with zero attached hydrogens (tertiary/aromatic N) is 2. The van der Waals surface area contributed by atoms with Gasteiger partial charge in [0.15, 0.2) is 4.90 Å². The third kappa shape index (κ3) is 3.05. The molecule has 7 nitrogen and oxygen atoms in total. The first kappa shape index (κ1) is 15.5. The van der Waals surface area contributed by atoms with E-state index >= 15 is 0 Å². The van der Waals surface area contributed by atoms with Gasteiger partial charge < -0.3 is 0 Å². The zero-order valence-corrected chi connectivity index (χ0v) is 12.3. The molecule has 0 heterocycles. The Bertz CT molecular complexity index is 885. The molecular weight excluding hydrogens is 306 g/mol. The van der Waals surface area contributed by atoms with E-state index in [1.54, 1.807) is 0 Å². The summed E-state index contributed by atoms with van der Waals surface area (Å²) in [5.41, 5.74) is 0.207. The molecule has 0 saturated carbocycles. The van der Waals surface area contributed by atoms with Crippen LogP contribution in [0.3, 0.4) is 0 Å². The van der Waals surface area contributed by atoms with Crippen LogP contribution in [0.4, 0.5) is 11.4 Å². The average molecular weight is 317 g/mol. The SMILES string of the molecule is Cc1cccc([N+](=O)[O-])c1S(=O)(=O)Nc1cccc(C#N)c1. The number of nitro groups is 1. The first-order valence-corrected chi connectivity index (χ1v) is 7.60. The molecule has 2 aromatic rings. The number of anilines is 1. The normalized spacial score (nSPS) is 10.7. The van der Waals surface area contributed by atoms with Gasteiger partial charge in [-0.1, -0.05) is 18.2 Å². The molecule has 0 bridgehead atoms. The van der Waals surface area contributed by atoms with Crippen LogP contribution < -0.4 is 4.72 Å². The second-order valence-corrected chi connectivity index (χ2v) is 6.10. The van der Waals surface area contributed by atoms with E-state index in [1.807, 2.05) is 6.07 Å². The molecule has 112 valence electrons. The summed E-state index contributed by atoms with van der Waals surface area (Å²) in [4.78, 5) is 9.91. The highest BCUT2D eigenvalue weighted by atomic mass is 32.2. The molecule has 22 heavy (non-hydrogen) atoms. The average Bonchev–Trinajstić information content (AvgIpc) is 2.46. The monoisotopic (exact) mass is 317 g/mol. The number of sulfonamides is 1. The Balaban J connectivity index is 2.52. The first-order chi connectivity index (χ1) is 10.3. The summed E-state index contributed by atoms with van der Waals surface area (Å²) in [5, 5.41) is 19.9. The molecular formula is C14H11N3O4S. The summed E-state index contributed by atoms with van der Waals surface area (Å²) in [6.07, 6.45) is 0. The zero-order chi connectivity index (χ0) is 16.3. The van der Waals surface area contributed by atoms with Gasteiger partial charge in [0.1, 0.15) is 0 Å². The van der Waals surface area contributed by atoms with Gasteiger partial charge in [-0.2, -0.15) is 5.26 Å². The van der Waals surface area contributed by atoms with Crippen molar-refractivity contribution in [3.05, 3.63) is 63.7 Å². The Morgan fingerprint density at radius 2 is 1.91 bits per heavy atom. The maximum atomic E-state index is 12.4. The van der Waals surface area contributed by atoms with Gasteiger partial charge in [-0.05, 0) is 30.7 Å². The molecule has 0 fully saturated rings. The molecule has 0 spiro atoms. The lowest BCUT2D eigenvalue weighted by Gasteiger charge is -2.10. The van der Waals surface area contributed by atoms with Crippen LogP contribution in [0, 0.1) is 28.4 Å². The van der Waals surface area contributed by atoms with Gasteiger partial charge in [0.2, 0.25) is 0 Å². The Kier molecular flexibility index (Phi) is 4.10. The summed E-state index contributed by atoms with van der Waals surface area (Å²) in [5.74, 6) is 0. The van der Waals surface area contributed by atoms with Crippen LogP contribution in [0.5, 0.6) is 0 Å². The van der Waals surface area contributed by atoms with E-state index in [0.717, 1.165) is 6.07 Å². The van der Waals surface area contributed by atoms with Crippen molar-refractivity contribution in [2.45, 2.75) is 11.8 Å². The van der Waals surface area contributed by atoms with Crippen molar-refractivity contribution in [1.82, 2.24) is 0 Å². The first-order valence-electron chi connectivity index (χ1n) is 6.12. The van der Waals surface area contributed by atoms with Crippen LogP contribution in [0.2, 0.25) is 0 Å². The largest absolute Gasteiger partial charge is 0.290 e. The minimum atomic E-state index is -4.15. The van der Waals surface area contributed by atoms with Crippen molar-refractivity contribution in [1.29, 1.82) is 5.26 Å². The van der Waals surface area contributed by atoms with Crippen molar-refractivity contribution < 1.29 is 13.3 Å². The van der Waals surface area contributed by atoms with Gasteiger partial charge in [0, 0.05) is 6.07 Å². The van der Waals surface area contributed by atoms with Gasteiger partial charge in [0.05, 0.1) is 22.2 Å². The molecule has 0 aliphatic carbocycles. The van der Waals surface area contributed by atoms with E-state index in [-0.39, 0.29) is 21.7 Å². The molecule has 0 atom stereocenters. The van der Waals surface area contributed by atoms with Crippen LogP contribution >= 0.6 is 0 Å². The zero-order valence-electron chi connectivity index (χ0n) is 11.5. The topological polar surface area (TPSA) is 113 Å². The summed E-state index contributed by atoms with van der Waals surface area (Å²) in [6.45, 7) is 1.48. The Morgan fingerprint density at radius 3 is 2.55 bits per heavy atom. The molecule has 1 N–H and O–H groups in total. The van der Waals surface area contributed by atoms with E-state index < -0.39 is 20.6 Å². The highest BCUT2D eigenvalue weighted by molar-refractivity contribution is 7.93. The molecule has 8 heteroatoms. The molecule has 0 aliphatic heterocycles. The smallest absolute Gasteiger partial charge is 0.279 e. The second-order valence-electron chi connectivity index (χ2n) is 4.48. The van der Waals surface area contributed by atoms with Crippen LogP contribution in [-0.2, 0) is 10.0 Å². The van der Waals surface area contributed by atoms with E-state index in [9.17, 15) is 18.5 Å². The molecule has 0 aromatic heterocycles. The number of benzene rings is 2. The fourth-order valence-corrected chi connectivity index (χ4v) is 3.44. The van der Waals surface area contributed by atoms with Gasteiger partial charge in [-0.25, -0.2) is 8.42 Å². The predicted molar refractivity (Wildman–Crippen MR) is 79.8 cm³/mol. The second kappa shape index (κ2) is 5.83. The molecule has 2 aromatic carbocycles. The summed E-state index contributed by atoms with van der Waals surface area (Å²) in [6, 6.07) is 11.8. The van der Waals surface area contributed by atoms with Gasteiger partial charge >= 0.3 is 0 Å². The third-order valence-corrected chi connectivity index (χ3v) is 4.47. The number of nitrogens with one attached hydrogen (secondary N) is 1. The molecule has 0 saturated heterocycles. The van der Waals surface area contributed by atoms with Gasteiger partial charge in [-0.3, -0.25) is 14.8 Å². The minimum absolute atomic E-state index is 0.164. The summed E-state index contributed by atoms with van der Waals surface area (Å²) >= 11 is 0. The number of hydrogen-bond donors (Lipinski definition) is 1. The molecule has 0 radical (unpaired) electrons. The standard InChI is InChI=1S/C14H11N3O4S/c1-10-4-2-7-13(17(18)19)14(10)22(20,21)16-12-6-3-5-11(8-12)9-15/h2-8,16H,1H3. The number of nitriles is 1. The molecule has 0 unspecified atom stereocenters. The Labute approximate surface area is 127 Å². The summed E-state index contributed by atoms with van der Waals surface area (Å²) in [7, 11) is -4.15. The maximum Gasteiger partial charge on any atom is 0.290 e. The van der Waals surface area contributed by atoms with E-state index in [1.165, 1.54) is 43.3 Å². The molecule has 0 aliphatic rings. The number of rotatable bonds is 4. The van der Waals surface area contributed by atoms with E-state index in [0.29, 0.717) is 0 Å². The van der Waals surface area contributed by atoms with Gasteiger partial charge in [-0.15, -0.1) is 0 Å². The van der Waals surface area contributed by atoms with Crippen molar-refractivity contribution in [3.63, 3.8) is 0 Å². The van der Waals surface area contributed by atoms with Crippen LogP contribution in [-0.4, -0.2) is 13.3 Å². The highest BCUT2D eigenvalue weighted by Crippen LogP contribution is 2.28. The lowest BCUT2D eigenvalue weighted by atomic mass is 10.2. The number of aryl methyl sites for hydroxylation is 1. The third-order valence-electron chi connectivity index (χ3n) is 2.90. The van der Waals surface area contributed by atoms with Crippen molar-refractivity contribution in [2.75, 3.05) is 4.72 Å². The molecule has 2 rings (SSSR count). The quantitative estimate of drug-likeness (QED) is 0.687. The van der Waals surface area contributed by atoms with Crippen LogP contribution in [0.1, 0.15) is 11.1 Å². The highest BCUT2D eigenvalue weighted by Gasteiger charge is 2.27. The number of hydrogen-bond acceptors (Lipinski definition) is 5. The lowest BCUT2D eigenvalue weighted by Crippen LogP contribution is -2.16. The van der Waals surface area contributed by atoms with Crippen molar-refractivity contribution in [2.24, 2.45) is 0 Å². The van der Waals surface area contributed by atoms with Crippen LogP contribution in [0.25, 0.3) is 0 Å².